The van der Waals surface area contributed by atoms with Gasteiger partial charge >= 0.3 is 0 Å². The molecular weight excluding hydrogens is 284 g/mol. The second-order valence-electron chi connectivity index (χ2n) is 6.91. The van der Waals surface area contributed by atoms with Crippen molar-refractivity contribution < 1.29 is 8.42 Å². The average Bonchev–Trinajstić information content (AvgIpc) is 2.26. The van der Waals surface area contributed by atoms with Gasteiger partial charge in [0, 0.05) is 8.07 Å². The second-order valence-corrected chi connectivity index (χ2v) is 14.4. The van der Waals surface area contributed by atoms with Crippen LogP contribution in [0.25, 0.3) is 0 Å². The minimum atomic E-state index is -3.23. The summed E-state index contributed by atoms with van der Waals surface area (Å²) in [5.41, 5.74) is 3.31. The minimum Gasteiger partial charge on any atom is -0.223 e. The average molecular weight is 311 g/mol. The number of rotatable bonds is 5. The van der Waals surface area contributed by atoms with Gasteiger partial charge in [0.25, 0.3) is 0 Å². The van der Waals surface area contributed by atoms with Crippen molar-refractivity contribution in [1.82, 2.24) is 0 Å². The topological polar surface area (TPSA) is 34.1 Å². The molecular formula is C16H26O2SSi. The van der Waals surface area contributed by atoms with Crippen LogP contribution in [0.2, 0.25) is 25.7 Å². The fraction of sp³-hybridized carbons (Fsp3) is 0.500. The van der Waals surface area contributed by atoms with E-state index in [-0.39, 0.29) is 5.75 Å². The van der Waals surface area contributed by atoms with Gasteiger partial charge in [-0.1, -0.05) is 48.5 Å². The lowest BCUT2D eigenvalue weighted by molar-refractivity contribution is 0.598. The number of aryl methyl sites for hydroxylation is 1. The molecule has 0 bridgehead atoms. The molecule has 0 aromatic heterocycles. The van der Waals surface area contributed by atoms with E-state index in [1.807, 2.05) is 32.9 Å². The highest BCUT2D eigenvalue weighted by Gasteiger charge is 2.22. The molecule has 0 fully saturated rings. The number of allylic oxidation sites excluding steroid dienone is 1. The van der Waals surface area contributed by atoms with E-state index in [0.717, 1.165) is 22.8 Å². The summed E-state index contributed by atoms with van der Waals surface area (Å²) in [5, 5.41) is 0. The third-order valence-corrected chi connectivity index (χ3v) is 6.40. The van der Waals surface area contributed by atoms with E-state index in [1.165, 1.54) is 0 Å². The van der Waals surface area contributed by atoms with Crippen LogP contribution in [0.5, 0.6) is 0 Å². The third-order valence-electron chi connectivity index (χ3n) is 3.20. The molecule has 0 N–H and O–H groups in total. The summed E-state index contributed by atoms with van der Waals surface area (Å²) >= 11 is 0. The van der Waals surface area contributed by atoms with E-state index < -0.39 is 17.9 Å². The van der Waals surface area contributed by atoms with Crippen molar-refractivity contribution in [2.45, 2.75) is 51.4 Å². The van der Waals surface area contributed by atoms with Crippen molar-refractivity contribution in [3.63, 3.8) is 0 Å². The smallest absolute Gasteiger partial charge is 0.182 e. The Hall–Kier alpha value is -0.873. The minimum absolute atomic E-state index is 0.155. The predicted molar refractivity (Wildman–Crippen MR) is 89.8 cm³/mol. The van der Waals surface area contributed by atoms with E-state index in [1.54, 1.807) is 12.1 Å². The normalized spacial score (nSPS) is 12.3. The number of sulfone groups is 1. The molecule has 0 saturated carbocycles. The van der Waals surface area contributed by atoms with Gasteiger partial charge in [-0.15, -0.1) is 0 Å². The highest BCUT2D eigenvalue weighted by Crippen LogP contribution is 2.24. The molecule has 0 unspecified atom stereocenters. The number of benzene rings is 1. The molecule has 0 radical (unpaired) electrons. The van der Waals surface area contributed by atoms with Gasteiger partial charge in [-0.3, -0.25) is 0 Å². The summed E-state index contributed by atoms with van der Waals surface area (Å²) in [6.45, 7) is 12.8. The molecule has 2 nitrogen and oxygen atoms in total. The van der Waals surface area contributed by atoms with Crippen molar-refractivity contribution >= 4 is 17.9 Å². The molecule has 0 spiro atoms. The van der Waals surface area contributed by atoms with Crippen molar-refractivity contribution in [1.29, 1.82) is 0 Å². The van der Waals surface area contributed by atoms with Crippen LogP contribution >= 0.6 is 0 Å². The Morgan fingerprint density at radius 3 is 1.95 bits per heavy atom. The lowest BCUT2D eigenvalue weighted by atomic mass is 10.2. The quantitative estimate of drug-likeness (QED) is 0.595. The Morgan fingerprint density at radius 2 is 1.55 bits per heavy atom. The fourth-order valence-corrected chi connectivity index (χ4v) is 5.58. The van der Waals surface area contributed by atoms with Gasteiger partial charge in [0.1, 0.15) is 0 Å². The van der Waals surface area contributed by atoms with Gasteiger partial charge < -0.3 is 0 Å². The molecule has 0 atom stereocenters. The molecule has 0 aliphatic carbocycles. The van der Waals surface area contributed by atoms with Crippen LogP contribution in [0.1, 0.15) is 19.4 Å². The molecule has 1 aromatic carbocycles. The van der Waals surface area contributed by atoms with Crippen LogP contribution in [0, 0.1) is 6.92 Å². The molecule has 112 valence electrons. The summed E-state index contributed by atoms with van der Waals surface area (Å²) < 4.78 is 25.1. The largest absolute Gasteiger partial charge is 0.223 e. The van der Waals surface area contributed by atoms with Crippen molar-refractivity contribution in [3.8, 4) is 0 Å². The van der Waals surface area contributed by atoms with Crippen molar-refractivity contribution in [2.75, 3.05) is 5.75 Å². The Balaban J connectivity index is 3.05. The second kappa shape index (κ2) is 6.27. The monoisotopic (exact) mass is 310 g/mol. The van der Waals surface area contributed by atoms with Gasteiger partial charge in [-0.05, 0) is 38.9 Å². The summed E-state index contributed by atoms with van der Waals surface area (Å²) in [7, 11) is -4.54. The van der Waals surface area contributed by atoms with Gasteiger partial charge in [-0.25, -0.2) is 8.42 Å². The van der Waals surface area contributed by atoms with Crippen LogP contribution in [-0.4, -0.2) is 22.2 Å². The summed E-state index contributed by atoms with van der Waals surface area (Å²) in [4.78, 5) is 0.428. The van der Waals surface area contributed by atoms with Crippen LogP contribution in [0.4, 0.5) is 0 Å². The summed E-state index contributed by atoms with van der Waals surface area (Å²) in [6.07, 6.45) is 0. The number of hydrogen-bond acceptors (Lipinski definition) is 2. The molecule has 0 aliphatic heterocycles. The standard InChI is InChI=1S/C16H26O2SSi/c1-13(2)15(12-20(4,5)6)11-19(17,18)16-9-7-14(3)8-10-16/h7-10H,11-12H2,1-6H3. The highest BCUT2D eigenvalue weighted by atomic mass is 32.2. The fourth-order valence-electron chi connectivity index (χ4n) is 2.07. The molecule has 20 heavy (non-hydrogen) atoms. The zero-order valence-corrected chi connectivity index (χ0v) is 15.3. The molecule has 1 aromatic rings. The first-order valence-electron chi connectivity index (χ1n) is 6.96. The van der Waals surface area contributed by atoms with Gasteiger partial charge in [-0.2, -0.15) is 0 Å². The first kappa shape index (κ1) is 17.2. The van der Waals surface area contributed by atoms with E-state index in [0.29, 0.717) is 4.90 Å². The molecule has 1 rings (SSSR count). The van der Waals surface area contributed by atoms with Crippen molar-refractivity contribution in [3.05, 3.63) is 41.0 Å². The molecule has 4 heteroatoms. The number of hydrogen-bond donors (Lipinski definition) is 0. The van der Waals surface area contributed by atoms with Gasteiger partial charge in [0.15, 0.2) is 9.84 Å². The lowest BCUT2D eigenvalue weighted by Gasteiger charge is -2.20. The van der Waals surface area contributed by atoms with E-state index in [4.69, 9.17) is 0 Å². The molecule has 0 aliphatic rings. The van der Waals surface area contributed by atoms with E-state index in [9.17, 15) is 8.42 Å². The molecule has 0 amide bonds. The van der Waals surface area contributed by atoms with Crippen LogP contribution in [0.3, 0.4) is 0 Å². The predicted octanol–water partition coefficient (Wildman–Crippen LogP) is 4.44. The molecule has 0 saturated heterocycles. The zero-order chi connectivity index (χ0) is 15.6. The first-order valence-corrected chi connectivity index (χ1v) is 12.3. The Bertz CT molecular complexity index is 586. The van der Waals surface area contributed by atoms with Crippen molar-refractivity contribution in [2.24, 2.45) is 0 Å². The van der Waals surface area contributed by atoms with Crippen LogP contribution < -0.4 is 0 Å². The van der Waals surface area contributed by atoms with Crippen LogP contribution in [0.15, 0.2) is 40.3 Å². The van der Waals surface area contributed by atoms with Crippen LogP contribution in [-0.2, 0) is 9.84 Å². The first-order chi connectivity index (χ1) is 9.01. The maximum absolute atomic E-state index is 12.5. The van der Waals surface area contributed by atoms with E-state index in [2.05, 4.69) is 19.6 Å². The Labute approximate surface area is 124 Å². The zero-order valence-electron chi connectivity index (χ0n) is 13.4. The molecule has 0 heterocycles. The summed E-state index contributed by atoms with van der Waals surface area (Å²) in [5.74, 6) is 0.155. The summed E-state index contributed by atoms with van der Waals surface area (Å²) in [6, 6.07) is 8.07. The SMILES string of the molecule is CC(C)=C(C[Si](C)(C)C)CS(=O)(=O)c1ccc(C)cc1. The Kier molecular flexibility index (Phi) is 5.38. The lowest BCUT2D eigenvalue weighted by Crippen LogP contribution is -2.23. The highest BCUT2D eigenvalue weighted by molar-refractivity contribution is 7.91. The maximum Gasteiger partial charge on any atom is 0.182 e. The third kappa shape index (κ3) is 5.25. The Morgan fingerprint density at radius 1 is 1.05 bits per heavy atom. The van der Waals surface area contributed by atoms with Gasteiger partial charge in [0.2, 0.25) is 0 Å². The van der Waals surface area contributed by atoms with Gasteiger partial charge in [0.05, 0.1) is 10.6 Å². The van der Waals surface area contributed by atoms with E-state index >= 15 is 0 Å². The maximum atomic E-state index is 12.5.